The van der Waals surface area contributed by atoms with E-state index in [0.29, 0.717) is 5.92 Å². The number of allylic oxidation sites excluding steroid dienone is 2. The maximum Gasteiger partial charge on any atom is 0.0400 e. The van der Waals surface area contributed by atoms with Crippen molar-refractivity contribution in [1.82, 2.24) is 0 Å². The molecule has 0 radical (unpaired) electrons. The molecule has 2 aliphatic carbocycles. The molecule has 4 rings (SSSR count). The van der Waals surface area contributed by atoms with Gasteiger partial charge in [0.1, 0.15) is 0 Å². The minimum Gasteiger partial charge on any atom is -0.388 e. The van der Waals surface area contributed by atoms with Gasteiger partial charge in [-0.2, -0.15) is 0 Å². The third-order valence-electron chi connectivity index (χ3n) is 7.51. The SMILES string of the molecule is C=C(Nc1ccc(CNc2ccc(NC)cc2)cc1)C1CCCCCC1.C=CC1CCCCCC1. The molecule has 0 unspecified atom stereocenters. The first-order valence-corrected chi connectivity index (χ1v) is 13.9. The summed E-state index contributed by atoms with van der Waals surface area (Å²) in [6.45, 7) is 8.95. The number of hydrogen-bond acceptors (Lipinski definition) is 3. The molecule has 2 aromatic rings. The molecule has 0 amide bonds. The van der Waals surface area contributed by atoms with Crippen LogP contribution in [0.5, 0.6) is 0 Å². The van der Waals surface area contributed by atoms with Gasteiger partial charge in [-0.05, 0) is 79.5 Å². The Hall–Kier alpha value is -2.68. The Kier molecular flexibility index (Phi) is 11.8. The number of anilines is 3. The molecule has 190 valence electrons. The van der Waals surface area contributed by atoms with Gasteiger partial charge >= 0.3 is 0 Å². The van der Waals surface area contributed by atoms with Crippen molar-refractivity contribution in [2.75, 3.05) is 23.0 Å². The summed E-state index contributed by atoms with van der Waals surface area (Å²) >= 11 is 0. The summed E-state index contributed by atoms with van der Waals surface area (Å²) in [5, 5.41) is 10.1. The first kappa shape index (κ1) is 26.9. The first-order chi connectivity index (χ1) is 17.2. The maximum atomic E-state index is 4.30. The van der Waals surface area contributed by atoms with E-state index in [1.54, 1.807) is 0 Å². The van der Waals surface area contributed by atoms with Crippen LogP contribution in [0.3, 0.4) is 0 Å². The minimum atomic E-state index is 0.624. The van der Waals surface area contributed by atoms with Gasteiger partial charge in [0.2, 0.25) is 0 Å². The first-order valence-electron chi connectivity index (χ1n) is 13.9. The van der Waals surface area contributed by atoms with Crippen LogP contribution in [0.1, 0.15) is 82.6 Å². The van der Waals surface area contributed by atoms with Gasteiger partial charge in [0.25, 0.3) is 0 Å². The van der Waals surface area contributed by atoms with Crippen molar-refractivity contribution in [3.8, 4) is 0 Å². The van der Waals surface area contributed by atoms with E-state index in [1.807, 2.05) is 7.05 Å². The van der Waals surface area contributed by atoms with E-state index >= 15 is 0 Å². The van der Waals surface area contributed by atoms with Crippen LogP contribution in [0, 0.1) is 11.8 Å². The number of rotatable bonds is 8. The molecule has 0 bridgehead atoms. The maximum absolute atomic E-state index is 4.30. The Bertz CT molecular complexity index is 853. The predicted molar refractivity (Wildman–Crippen MR) is 155 cm³/mol. The average molecular weight is 474 g/mol. The topological polar surface area (TPSA) is 36.1 Å². The zero-order valence-electron chi connectivity index (χ0n) is 22.0. The smallest absolute Gasteiger partial charge is 0.0400 e. The molecule has 0 spiro atoms. The molecule has 2 saturated carbocycles. The van der Waals surface area contributed by atoms with Crippen molar-refractivity contribution in [3.05, 3.63) is 79.0 Å². The molecule has 0 aromatic heterocycles. The average Bonchev–Trinajstić information content (AvgIpc) is 3.35. The van der Waals surface area contributed by atoms with Crippen LogP contribution in [0.15, 0.2) is 73.5 Å². The van der Waals surface area contributed by atoms with Gasteiger partial charge in [-0.15, -0.1) is 6.58 Å². The molecule has 3 heteroatoms. The van der Waals surface area contributed by atoms with Gasteiger partial charge in [-0.25, -0.2) is 0 Å². The normalized spacial score (nSPS) is 17.2. The summed E-state index contributed by atoms with van der Waals surface area (Å²) in [5.74, 6) is 1.46. The lowest BCUT2D eigenvalue weighted by Crippen LogP contribution is -2.10. The standard InChI is InChI=1S/C23H31N3.C9H16/c1-18(20-7-5-3-4-6-8-20)26-23-11-9-19(10-12-23)17-25-22-15-13-21(24-2)14-16-22;1-2-9-7-5-3-4-6-8-9/h9-16,20,24-26H,1,3-8,17H2,2H3;2,9H,1,3-8H2. The molecule has 0 heterocycles. The fourth-order valence-electron chi connectivity index (χ4n) is 5.13. The van der Waals surface area contributed by atoms with E-state index in [9.17, 15) is 0 Å². The van der Waals surface area contributed by atoms with E-state index in [-0.39, 0.29) is 0 Å². The zero-order chi connectivity index (χ0) is 24.7. The fraction of sp³-hybridized carbons (Fsp3) is 0.500. The Labute approximate surface area is 214 Å². The summed E-state index contributed by atoms with van der Waals surface area (Å²) < 4.78 is 0. The zero-order valence-corrected chi connectivity index (χ0v) is 22.0. The van der Waals surface area contributed by atoms with Crippen LogP contribution in [0.2, 0.25) is 0 Å². The Morgan fingerprint density at radius 3 is 1.80 bits per heavy atom. The van der Waals surface area contributed by atoms with Crippen molar-refractivity contribution in [1.29, 1.82) is 0 Å². The molecule has 2 aromatic carbocycles. The van der Waals surface area contributed by atoms with Crippen LogP contribution in [-0.4, -0.2) is 7.05 Å². The molecule has 3 nitrogen and oxygen atoms in total. The molecule has 2 aliphatic rings. The monoisotopic (exact) mass is 473 g/mol. The van der Waals surface area contributed by atoms with Crippen molar-refractivity contribution < 1.29 is 0 Å². The van der Waals surface area contributed by atoms with Crippen molar-refractivity contribution >= 4 is 17.1 Å². The van der Waals surface area contributed by atoms with Crippen LogP contribution in [-0.2, 0) is 6.54 Å². The molecule has 3 N–H and O–H groups in total. The highest BCUT2D eigenvalue weighted by Crippen LogP contribution is 2.29. The third kappa shape index (κ3) is 9.84. The van der Waals surface area contributed by atoms with Crippen molar-refractivity contribution in [2.24, 2.45) is 11.8 Å². The second-order valence-corrected chi connectivity index (χ2v) is 10.2. The largest absolute Gasteiger partial charge is 0.388 e. The molecule has 2 fully saturated rings. The van der Waals surface area contributed by atoms with Crippen LogP contribution in [0.4, 0.5) is 17.1 Å². The number of hydrogen-bond donors (Lipinski definition) is 3. The van der Waals surface area contributed by atoms with Crippen LogP contribution in [0.25, 0.3) is 0 Å². The van der Waals surface area contributed by atoms with E-state index in [2.05, 4.69) is 83.7 Å². The fourth-order valence-corrected chi connectivity index (χ4v) is 5.13. The van der Waals surface area contributed by atoms with Crippen LogP contribution >= 0.6 is 0 Å². The van der Waals surface area contributed by atoms with Gasteiger partial charge in [0.15, 0.2) is 0 Å². The summed E-state index contributed by atoms with van der Waals surface area (Å²) in [6.07, 6.45) is 18.7. The molecule has 0 saturated heterocycles. The minimum absolute atomic E-state index is 0.624. The lowest BCUT2D eigenvalue weighted by atomic mass is 9.97. The summed E-state index contributed by atoms with van der Waals surface area (Å²) in [5.41, 5.74) is 5.85. The highest BCUT2D eigenvalue weighted by atomic mass is 14.9. The van der Waals surface area contributed by atoms with Crippen molar-refractivity contribution in [3.63, 3.8) is 0 Å². The lowest BCUT2D eigenvalue weighted by Gasteiger charge is -2.19. The summed E-state index contributed by atoms with van der Waals surface area (Å²) in [4.78, 5) is 0. The molecule has 0 atom stereocenters. The molecular weight excluding hydrogens is 426 g/mol. The van der Waals surface area contributed by atoms with Gasteiger partial charge in [0, 0.05) is 36.4 Å². The van der Waals surface area contributed by atoms with E-state index < -0.39 is 0 Å². The Balaban J connectivity index is 0.000000320. The predicted octanol–water partition coefficient (Wildman–Crippen LogP) is 9.38. The third-order valence-corrected chi connectivity index (χ3v) is 7.51. The van der Waals surface area contributed by atoms with Crippen molar-refractivity contribution in [2.45, 2.75) is 83.6 Å². The molecule has 0 aliphatic heterocycles. The Morgan fingerprint density at radius 1 is 0.743 bits per heavy atom. The second kappa shape index (κ2) is 15.3. The van der Waals surface area contributed by atoms with E-state index in [1.165, 1.54) is 88.3 Å². The molecular formula is C32H47N3. The van der Waals surface area contributed by atoms with Gasteiger partial charge in [0.05, 0.1) is 0 Å². The number of nitrogens with one attached hydrogen (secondary N) is 3. The van der Waals surface area contributed by atoms with E-state index in [0.717, 1.165) is 29.5 Å². The summed E-state index contributed by atoms with van der Waals surface area (Å²) in [7, 11) is 1.93. The highest BCUT2D eigenvalue weighted by molar-refractivity contribution is 5.54. The Morgan fingerprint density at radius 2 is 1.26 bits per heavy atom. The quantitative estimate of drug-likeness (QED) is 0.264. The second-order valence-electron chi connectivity index (χ2n) is 10.2. The van der Waals surface area contributed by atoms with Gasteiger partial charge in [-0.1, -0.05) is 76.2 Å². The van der Waals surface area contributed by atoms with Gasteiger partial charge < -0.3 is 16.0 Å². The number of benzene rings is 2. The molecule has 35 heavy (non-hydrogen) atoms. The highest BCUT2D eigenvalue weighted by Gasteiger charge is 2.15. The van der Waals surface area contributed by atoms with Crippen LogP contribution < -0.4 is 16.0 Å². The van der Waals surface area contributed by atoms with Gasteiger partial charge in [-0.3, -0.25) is 0 Å². The lowest BCUT2D eigenvalue weighted by molar-refractivity contribution is 0.534. The summed E-state index contributed by atoms with van der Waals surface area (Å²) in [6, 6.07) is 17.0. The van der Waals surface area contributed by atoms with E-state index in [4.69, 9.17) is 0 Å².